The minimum absolute atomic E-state index is 0.195. The van der Waals surface area contributed by atoms with Gasteiger partial charge in [0.15, 0.2) is 4.80 Å². The quantitative estimate of drug-likeness (QED) is 0.382. The molecule has 0 aliphatic carbocycles. The molecule has 2 aromatic carbocycles. The van der Waals surface area contributed by atoms with Gasteiger partial charge in [-0.3, -0.25) is 9.36 Å². The van der Waals surface area contributed by atoms with E-state index < -0.39 is 12.0 Å². The number of hydrogen-bond acceptors (Lipinski definition) is 6. The number of aryl methyl sites for hydroxylation is 1. The van der Waals surface area contributed by atoms with E-state index in [4.69, 9.17) is 14.5 Å². The van der Waals surface area contributed by atoms with E-state index in [9.17, 15) is 9.59 Å². The van der Waals surface area contributed by atoms with Gasteiger partial charge in [0, 0.05) is 30.1 Å². The molecule has 182 valence electrons. The van der Waals surface area contributed by atoms with Gasteiger partial charge in [0.05, 0.1) is 29.5 Å². The fraction of sp³-hybridized carbons (Fsp3) is 0.179. The average Bonchev–Trinajstić information content (AvgIpc) is 3.45. The first-order chi connectivity index (χ1) is 17.5. The average molecular weight is 500 g/mol. The van der Waals surface area contributed by atoms with Crippen LogP contribution in [0.5, 0.6) is 5.75 Å². The maximum atomic E-state index is 13.9. The van der Waals surface area contributed by atoms with Crippen LogP contribution >= 0.6 is 11.3 Å². The van der Waals surface area contributed by atoms with Crippen molar-refractivity contribution in [2.75, 3.05) is 13.7 Å². The maximum absolute atomic E-state index is 13.9. The van der Waals surface area contributed by atoms with E-state index in [0.29, 0.717) is 31.9 Å². The van der Waals surface area contributed by atoms with Crippen molar-refractivity contribution in [2.45, 2.75) is 13.0 Å². The second-order valence-corrected chi connectivity index (χ2v) is 9.23. The molecule has 0 radical (unpaired) electrons. The zero-order valence-electron chi connectivity index (χ0n) is 20.2. The minimum Gasteiger partial charge on any atom is -0.496 e. The zero-order valence-corrected chi connectivity index (χ0v) is 21.0. The predicted octanol–water partition coefficient (Wildman–Crippen LogP) is 3.28. The molecule has 1 aliphatic heterocycles. The van der Waals surface area contributed by atoms with Crippen LogP contribution in [0.3, 0.4) is 0 Å². The van der Waals surface area contributed by atoms with Gasteiger partial charge in [0.25, 0.3) is 5.56 Å². The van der Waals surface area contributed by atoms with E-state index >= 15 is 0 Å². The molecule has 4 aromatic rings. The van der Waals surface area contributed by atoms with Gasteiger partial charge in [-0.1, -0.05) is 59.9 Å². The van der Waals surface area contributed by atoms with Crippen molar-refractivity contribution >= 4 is 29.1 Å². The highest BCUT2D eigenvalue weighted by atomic mass is 32.1. The number of hydrogen-bond donors (Lipinski definition) is 0. The van der Waals surface area contributed by atoms with Gasteiger partial charge in [-0.15, -0.1) is 0 Å². The lowest BCUT2D eigenvalue weighted by Crippen LogP contribution is -2.40. The summed E-state index contributed by atoms with van der Waals surface area (Å²) in [5.74, 6) is 0.0448. The summed E-state index contributed by atoms with van der Waals surface area (Å²) in [6.07, 6.45) is 3.77. The van der Waals surface area contributed by atoms with Gasteiger partial charge in [-0.25, -0.2) is 9.79 Å². The summed E-state index contributed by atoms with van der Waals surface area (Å²) in [6.45, 7) is 1.95. The third-order valence-corrected chi connectivity index (χ3v) is 7.05. The number of aromatic nitrogens is 2. The summed E-state index contributed by atoms with van der Waals surface area (Å²) in [6, 6.07) is 20.0. The molecule has 7 nitrogen and oxygen atoms in total. The highest BCUT2D eigenvalue weighted by Crippen LogP contribution is 2.38. The van der Waals surface area contributed by atoms with Gasteiger partial charge >= 0.3 is 5.97 Å². The van der Waals surface area contributed by atoms with Gasteiger partial charge in [0.2, 0.25) is 0 Å². The standard InChI is InChI=1S/C28H25N3O4S/c1-4-35-27(33)23-24(18-11-6-5-7-12-18)29-28-31(25(23)20-14-8-9-15-21(20)34-3)26(32)22(36-28)17-19-13-10-16-30(19)2/h5-17,25H,4H2,1-3H3/b22-17-/t25-/m0/s1. The third kappa shape index (κ3) is 4.09. The molecule has 0 fully saturated rings. The topological polar surface area (TPSA) is 74.8 Å². The summed E-state index contributed by atoms with van der Waals surface area (Å²) >= 11 is 1.29. The number of methoxy groups -OCH3 is 1. The van der Waals surface area contributed by atoms with E-state index in [-0.39, 0.29) is 12.2 Å². The lowest BCUT2D eigenvalue weighted by Gasteiger charge is -2.27. The van der Waals surface area contributed by atoms with Crippen LogP contribution in [0.25, 0.3) is 11.8 Å². The van der Waals surface area contributed by atoms with Crippen LogP contribution in [0, 0.1) is 0 Å². The number of rotatable bonds is 6. The lowest BCUT2D eigenvalue weighted by atomic mass is 9.92. The van der Waals surface area contributed by atoms with Crippen molar-refractivity contribution in [1.29, 1.82) is 0 Å². The van der Waals surface area contributed by atoms with Gasteiger partial charge in [-0.05, 0) is 31.2 Å². The van der Waals surface area contributed by atoms with E-state index in [0.717, 1.165) is 11.3 Å². The van der Waals surface area contributed by atoms with Crippen LogP contribution in [0.4, 0.5) is 0 Å². The molecule has 0 spiro atoms. The Morgan fingerprint density at radius 1 is 1.08 bits per heavy atom. The SMILES string of the molecule is CCOC(=O)C1=C(c2ccccc2)N=c2s/c(=C\c3cccn3C)c(=O)n2[C@H]1c1ccccc1OC. The van der Waals surface area contributed by atoms with Gasteiger partial charge < -0.3 is 14.0 Å². The Morgan fingerprint density at radius 2 is 1.83 bits per heavy atom. The molecule has 0 saturated heterocycles. The maximum Gasteiger partial charge on any atom is 0.338 e. The highest BCUT2D eigenvalue weighted by molar-refractivity contribution is 7.07. The summed E-state index contributed by atoms with van der Waals surface area (Å²) in [5, 5.41) is 0. The van der Waals surface area contributed by atoms with Crippen LogP contribution in [0.1, 0.15) is 29.8 Å². The second kappa shape index (κ2) is 9.83. The molecular formula is C28H25N3O4S. The minimum atomic E-state index is -0.776. The number of carbonyl (C=O) groups is 1. The first kappa shape index (κ1) is 23.6. The van der Waals surface area contributed by atoms with Crippen molar-refractivity contribution in [2.24, 2.45) is 12.0 Å². The second-order valence-electron chi connectivity index (χ2n) is 8.22. The first-order valence-corrected chi connectivity index (χ1v) is 12.4. The summed E-state index contributed by atoms with van der Waals surface area (Å²) in [5.41, 5.74) is 2.88. The van der Waals surface area contributed by atoms with Crippen molar-refractivity contribution < 1.29 is 14.3 Å². The Bertz CT molecular complexity index is 1640. The fourth-order valence-corrected chi connectivity index (χ4v) is 5.37. The Balaban J connectivity index is 1.88. The highest BCUT2D eigenvalue weighted by Gasteiger charge is 2.36. The Labute approximate surface area is 211 Å². The van der Waals surface area contributed by atoms with Crippen molar-refractivity contribution in [3.8, 4) is 5.75 Å². The molecule has 2 aromatic heterocycles. The van der Waals surface area contributed by atoms with E-state index in [2.05, 4.69) is 0 Å². The molecule has 0 saturated carbocycles. The number of benzene rings is 2. The van der Waals surface area contributed by atoms with E-state index in [1.54, 1.807) is 18.6 Å². The molecule has 1 atom stereocenters. The Kier molecular flexibility index (Phi) is 6.43. The normalized spacial score (nSPS) is 15.4. The van der Waals surface area contributed by atoms with E-state index in [1.165, 1.54) is 11.3 Å². The molecule has 36 heavy (non-hydrogen) atoms. The number of fused-ring (bicyclic) bond motifs is 1. The number of para-hydroxylation sites is 1. The molecule has 0 amide bonds. The smallest absolute Gasteiger partial charge is 0.338 e. The number of esters is 1. The van der Waals surface area contributed by atoms with Crippen molar-refractivity contribution in [3.63, 3.8) is 0 Å². The summed E-state index contributed by atoms with van der Waals surface area (Å²) < 4.78 is 15.2. The number of nitrogens with zero attached hydrogens (tertiary/aromatic N) is 3. The molecule has 1 aliphatic rings. The lowest BCUT2D eigenvalue weighted by molar-refractivity contribution is -0.138. The number of ether oxygens (including phenoxy) is 2. The van der Waals surface area contributed by atoms with Crippen LogP contribution in [0.2, 0.25) is 0 Å². The first-order valence-electron chi connectivity index (χ1n) is 11.6. The molecule has 0 N–H and O–H groups in total. The Hall–Kier alpha value is -4.17. The van der Waals surface area contributed by atoms with Crippen molar-refractivity contribution in [3.05, 3.63) is 115 Å². The number of thiazole rings is 1. The van der Waals surface area contributed by atoms with Crippen LogP contribution < -0.4 is 19.6 Å². The number of carbonyl (C=O) groups excluding carboxylic acids is 1. The Morgan fingerprint density at radius 3 is 2.53 bits per heavy atom. The van der Waals surface area contributed by atoms with Crippen molar-refractivity contribution in [1.82, 2.24) is 9.13 Å². The molecular weight excluding hydrogens is 474 g/mol. The van der Waals surface area contributed by atoms with Crippen LogP contribution in [-0.4, -0.2) is 28.8 Å². The molecule has 3 heterocycles. The molecule has 0 bridgehead atoms. The van der Waals surface area contributed by atoms with Gasteiger partial charge in [-0.2, -0.15) is 0 Å². The molecule has 5 rings (SSSR count). The largest absolute Gasteiger partial charge is 0.496 e. The monoisotopic (exact) mass is 499 g/mol. The van der Waals surface area contributed by atoms with Gasteiger partial charge in [0.1, 0.15) is 11.8 Å². The van der Waals surface area contributed by atoms with Crippen LogP contribution in [-0.2, 0) is 16.6 Å². The predicted molar refractivity (Wildman–Crippen MR) is 139 cm³/mol. The summed E-state index contributed by atoms with van der Waals surface area (Å²) in [7, 11) is 3.50. The van der Waals surface area contributed by atoms with Crippen LogP contribution in [0.15, 0.2) is 88.3 Å². The molecule has 8 heteroatoms. The zero-order chi connectivity index (χ0) is 25.2. The fourth-order valence-electron chi connectivity index (χ4n) is 4.39. The molecule has 0 unspecified atom stereocenters. The van der Waals surface area contributed by atoms with E-state index in [1.807, 2.05) is 90.6 Å². The summed E-state index contributed by atoms with van der Waals surface area (Å²) in [4.78, 5) is 32.7. The third-order valence-electron chi connectivity index (χ3n) is 6.07.